The number of piperidine rings is 1. The van der Waals surface area contributed by atoms with Gasteiger partial charge in [-0.3, -0.25) is 14.7 Å². The van der Waals surface area contributed by atoms with Gasteiger partial charge >= 0.3 is 0 Å². The molecule has 0 bridgehead atoms. The molecule has 0 unspecified atom stereocenters. The van der Waals surface area contributed by atoms with E-state index in [1.807, 2.05) is 29.3 Å². The van der Waals surface area contributed by atoms with Gasteiger partial charge in [0, 0.05) is 56.2 Å². The van der Waals surface area contributed by atoms with Gasteiger partial charge in [-0.05, 0) is 74.7 Å². The number of aromatic nitrogens is 1. The van der Waals surface area contributed by atoms with Crippen molar-refractivity contribution in [2.45, 2.75) is 50.7 Å². The van der Waals surface area contributed by atoms with Gasteiger partial charge in [0.1, 0.15) is 30.3 Å². The number of fused-ring (bicyclic) bond motifs is 1. The third-order valence-corrected chi connectivity index (χ3v) is 7.99. The maximum absolute atomic E-state index is 12.6. The first kappa shape index (κ1) is 25.1. The molecule has 1 atom stereocenters. The average Bonchev–Trinajstić information content (AvgIpc) is 3.68. The highest BCUT2D eigenvalue weighted by atomic mass is 16.5. The highest BCUT2D eigenvalue weighted by Gasteiger charge is 2.31. The van der Waals surface area contributed by atoms with Gasteiger partial charge in [0.15, 0.2) is 0 Å². The van der Waals surface area contributed by atoms with Crippen LogP contribution in [0.2, 0.25) is 0 Å². The quantitative estimate of drug-likeness (QED) is 0.424. The summed E-state index contributed by atoms with van der Waals surface area (Å²) in [6, 6.07) is 16.5. The molecule has 1 amide bonds. The van der Waals surface area contributed by atoms with Gasteiger partial charge < -0.3 is 19.1 Å². The van der Waals surface area contributed by atoms with Gasteiger partial charge in [-0.1, -0.05) is 18.2 Å². The molecule has 3 aliphatic rings. The fourth-order valence-corrected chi connectivity index (χ4v) is 5.81. The molecule has 0 saturated carbocycles. The molecular weight excluding hydrogens is 478 g/mol. The molecule has 0 spiro atoms. The minimum absolute atomic E-state index is 0.115. The molecule has 0 aliphatic carbocycles. The van der Waals surface area contributed by atoms with Crippen LogP contribution in [0.15, 0.2) is 54.7 Å². The molecule has 38 heavy (non-hydrogen) atoms. The Morgan fingerprint density at radius 1 is 0.974 bits per heavy atom. The predicted molar refractivity (Wildman–Crippen MR) is 148 cm³/mol. The van der Waals surface area contributed by atoms with E-state index in [2.05, 4.69) is 40.2 Å². The Morgan fingerprint density at radius 3 is 2.55 bits per heavy atom. The van der Waals surface area contributed by atoms with Crippen LogP contribution >= 0.6 is 0 Å². The maximum Gasteiger partial charge on any atom is 0.251 e. The van der Waals surface area contributed by atoms with E-state index in [0.717, 1.165) is 78.8 Å². The number of rotatable bonds is 8. The molecule has 0 N–H and O–H groups in total. The smallest absolute Gasteiger partial charge is 0.251 e. The van der Waals surface area contributed by atoms with Crippen molar-refractivity contribution in [2.24, 2.45) is 0 Å². The standard InChI is InChI=1S/C31H37N3O4/c35-31(29-6-4-19-36-29)34-16-11-26(12-17-34)38-25-9-7-23(8-10-25)27-22-28-24(5-3-13-32-28)21-30(27)37-20-18-33-14-1-2-15-33/h3,5,7-10,13,21-22,26,29H,1-2,4,6,11-12,14-20H2/t29-/m1/s1. The second-order valence-electron chi connectivity index (χ2n) is 10.6. The maximum atomic E-state index is 12.6. The van der Waals surface area contributed by atoms with Crippen molar-refractivity contribution in [1.29, 1.82) is 0 Å². The van der Waals surface area contributed by atoms with Crippen molar-refractivity contribution in [3.63, 3.8) is 0 Å². The Morgan fingerprint density at radius 2 is 1.79 bits per heavy atom. The summed E-state index contributed by atoms with van der Waals surface area (Å²) in [5, 5.41) is 1.08. The van der Waals surface area contributed by atoms with E-state index in [-0.39, 0.29) is 18.1 Å². The van der Waals surface area contributed by atoms with E-state index < -0.39 is 0 Å². The van der Waals surface area contributed by atoms with E-state index in [9.17, 15) is 4.79 Å². The molecule has 7 heteroatoms. The van der Waals surface area contributed by atoms with Crippen molar-refractivity contribution < 1.29 is 19.0 Å². The second-order valence-corrected chi connectivity index (χ2v) is 10.6. The molecule has 1 aromatic heterocycles. The van der Waals surface area contributed by atoms with E-state index in [0.29, 0.717) is 13.2 Å². The van der Waals surface area contributed by atoms with Crippen molar-refractivity contribution >= 4 is 16.8 Å². The lowest BCUT2D eigenvalue weighted by molar-refractivity contribution is -0.142. The van der Waals surface area contributed by atoms with Crippen LogP contribution in [0.5, 0.6) is 11.5 Å². The average molecular weight is 516 g/mol. The number of carbonyl (C=O) groups is 1. The first-order chi connectivity index (χ1) is 18.7. The molecule has 4 heterocycles. The van der Waals surface area contributed by atoms with Crippen LogP contribution in [0.4, 0.5) is 0 Å². The predicted octanol–water partition coefficient (Wildman–Crippen LogP) is 4.93. The summed E-state index contributed by atoms with van der Waals surface area (Å²) in [6.07, 6.45) is 7.78. The lowest BCUT2D eigenvalue weighted by Crippen LogP contribution is -2.45. The summed E-state index contributed by atoms with van der Waals surface area (Å²) in [7, 11) is 0. The van der Waals surface area contributed by atoms with E-state index in [1.165, 1.54) is 25.9 Å². The van der Waals surface area contributed by atoms with Crippen LogP contribution in [0.1, 0.15) is 38.5 Å². The Bertz CT molecular complexity index is 1230. The van der Waals surface area contributed by atoms with Crippen LogP contribution in [-0.4, -0.2) is 78.8 Å². The van der Waals surface area contributed by atoms with E-state index in [4.69, 9.17) is 14.2 Å². The number of amides is 1. The summed E-state index contributed by atoms with van der Waals surface area (Å²) in [5.41, 5.74) is 3.09. The Balaban J connectivity index is 1.10. The lowest BCUT2D eigenvalue weighted by atomic mass is 10.0. The second kappa shape index (κ2) is 11.7. The van der Waals surface area contributed by atoms with Crippen molar-refractivity contribution in [3.8, 4) is 22.6 Å². The van der Waals surface area contributed by atoms with Crippen molar-refractivity contribution in [1.82, 2.24) is 14.8 Å². The molecule has 2 aromatic carbocycles. The van der Waals surface area contributed by atoms with Crippen LogP contribution < -0.4 is 9.47 Å². The number of ether oxygens (including phenoxy) is 3. The van der Waals surface area contributed by atoms with Gasteiger partial charge in [-0.25, -0.2) is 0 Å². The minimum Gasteiger partial charge on any atom is -0.492 e. The van der Waals surface area contributed by atoms with Crippen molar-refractivity contribution in [2.75, 3.05) is 45.9 Å². The molecular formula is C31H37N3O4. The largest absolute Gasteiger partial charge is 0.492 e. The first-order valence-electron chi connectivity index (χ1n) is 14.1. The lowest BCUT2D eigenvalue weighted by Gasteiger charge is -2.33. The monoisotopic (exact) mass is 515 g/mol. The van der Waals surface area contributed by atoms with Gasteiger partial charge in [-0.2, -0.15) is 0 Å². The summed E-state index contributed by atoms with van der Waals surface area (Å²) >= 11 is 0. The number of likely N-dealkylation sites (tertiary alicyclic amines) is 2. The van der Waals surface area contributed by atoms with E-state index >= 15 is 0 Å². The topological polar surface area (TPSA) is 64.1 Å². The third-order valence-electron chi connectivity index (χ3n) is 7.99. The summed E-state index contributed by atoms with van der Waals surface area (Å²) in [6.45, 7) is 6.12. The molecule has 6 rings (SSSR count). The Labute approximate surface area is 224 Å². The van der Waals surface area contributed by atoms with Gasteiger partial charge in [0.2, 0.25) is 0 Å². The summed E-state index contributed by atoms with van der Waals surface area (Å²) in [4.78, 5) is 21.6. The number of nitrogens with zero attached hydrogens (tertiary/aromatic N) is 3. The highest BCUT2D eigenvalue weighted by Crippen LogP contribution is 2.35. The summed E-state index contributed by atoms with van der Waals surface area (Å²) in [5.74, 6) is 1.89. The molecule has 3 aliphatic heterocycles. The fraction of sp³-hybridized carbons (Fsp3) is 0.484. The highest BCUT2D eigenvalue weighted by molar-refractivity contribution is 5.88. The molecule has 3 fully saturated rings. The van der Waals surface area contributed by atoms with Crippen LogP contribution in [0.25, 0.3) is 22.0 Å². The molecule has 7 nitrogen and oxygen atoms in total. The zero-order valence-electron chi connectivity index (χ0n) is 22.0. The Hall–Kier alpha value is -3.16. The number of pyridine rings is 1. The minimum atomic E-state index is -0.237. The number of hydrogen-bond donors (Lipinski definition) is 0. The zero-order chi connectivity index (χ0) is 25.7. The third kappa shape index (κ3) is 5.79. The van der Waals surface area contributed by atoms with Crippen LogP contribution in [-0.2, 0) is 9.53 Å². The SMILES string of the molecule is O=C([C@H]1CCCO1)N1CCC(Oc2ccc(-c3cc4ncccc4cc3OCCN3CCCC3)cc2)CC1. The van der Waals surface area contributed by atoms with Crippen LogP contribution in [0, 0.1) is 0 Å². The first-order valence-corrected chi connectivity index (χ1v) is 14.1. The molecule has 0 radical (unpaired) electrons. The zero-order valence-corrected chi connectivity index (χ0v) is 22.0. The summed E-state index contributed by atoms with van der Waals surface area (Å²) < 4.78 is 18.2. The normalized spacial score (nSPS) is 20.7. The van der Waals surface area contributed by atoms with Crippen LogP contribution in [0.3, 0.4) is 0 Å². The molecule has 200 valence electrons. The number of hydrogen-bond acceptors (Lipinski definition) is 6. The molecule has 3 saturated heterocycles. The van der Waals surface area contributed by atoms with Crippen molar-refractivity contribution in [3.05, 3.63) is 54.7 Å². The number of carbonyl (C=O) groups excluding carboxylic acids is 1. The number of benzene rings is 2. The van der Waals surface area contributed by atoms with E-state index in [1.54, 1.807) is 0 Å². The van der Waals surface area contributed by atoms with Gasteiger partial charge in [-0.15, -0.1) is 0 Å². The van der Waals surface area contributed by atoms with Gasteiger partial charge in [0.05, 0.1) is 5.52 Å². The Kier molecular flexibility index (Phi) is 7.74. The fourth-order valence-electron chi connectivity index (χ4n) is 5.81. The van der Waals surface area contributed by atoms with Gasteiger partial charge in [0.25, 0.3) is 5.91 Å². The molecule has 3 aromatic rings.